The van der Waals surface area contributed by atoms with Gasteiger partial charge in [0.05, 0.1) is 17.0 Å². The third-order valence-electron chi connectivity index (χ3n) is 4.89. The molecule has 0 saturated heterocycles. The number of sulfone groups is 1. The first-order valence-corrected chi connectivity index (χ1v) is 10.9. The molecule has 0 radical (unpaired) electrons. The van der Waals surface area contributed by atoms with Crippen LogP contribution in [-0.2, 0) is 14.6 Å². The summed E-state index contributed by atoms with van der Waals surface area (Å²) in [5.41, 5.74) is 3.25. The molecule has 4 nitrogen and oxygen atoms in total. The molecule has 0 bridgehead atoms. The molecular formula is C23H18FNO3S. The van der Waals surface area contributed by atoms with Gasteiger partial charge in [0.2, 0.25) is 0 Å². The summed E-state index contributed by atoms with van der Waals surface area (Å²) in [5, 5.41) is 0. The second kappa shape index (κ2) is 7.29. The van der Waals surface area contributed by atoms with Crippen molar-refractivity contribution in [3.63, 3.8) is 0 Å². The van der Waals surface area contributed by atoms with Crippen LogP contribution in [-0.4, -0.2) is 27.1 Å². The second-order valence-electron chi connectivity index (χ2n) is 6.89. The Kier molecular flexibility index (Phi) is 4.80. The van der Waals surface area contributed by atoms with Gasteiger partial charge in [0.25, 0.3) is 5.91 Å². The molecule has 29 heavy (non-hydrogen) atoms. The largest absolute Gasteiger partial charge is 0.304 e. The Morgan fingerprint density at radius 2 is 1.52 bits per heavy atom. The smallest absolute Gasteiger partial charge is 0.259 e. The van der Waals surface area contributed by atoms with E-state index in [2.05, 4.69) is 0 Å². The van der Waals surface area contributed by atoms with E-state index in [0.29, 0.717) is 16.8 Å². The maximum Gasteiger partial charge on any atom is 0.259 e. The van der Waals surface area contributed by atoms with E-state index in [1.54, 1.807) is 35.2 Å². The van der Waals surface area contributed by atoms with Gasteiger partial charge in [0.1, 0.15) is 5.82 Å². The molecule has 6 heteroatoms. The number of hydrogen-bond acceptors (Lipinski definition) is 3. The van der Waals surface area contributed by atoms with E-state index in [1.165, 1.54) is 18.2 Å². The first kappa shape index (κ1) is 19.1. The molecule has 0 atom stereocenters. The number of nitrogens with zero attached hydrogens (tertiary/aromatic N) is 1. The average molecular weight is 407 g/mol. The van der Waals surface area contributed by atoms with Crippen LogP contribution < -0.4 is 4.90 Å². The van der Waals surface area contributed by atoms with Crippen molar-refractivity contribution in [3.8, 4) is 0 Å². The zero-order chi connectivity index (χ0) is 20.6. The van der Waals surface area contributed by atoms with Crippen LogP contribution in [0.15, 0.2) is 83.8 Å². The molecular weight excluding hydrogens is 389 g/mol. The van der Waals surface area contributed by atoms with Gasteiger partial charge in [-0.2, -0.15) is 0 Å². The lowest BCUT2D eigenvalue weighted by Crippen LogP contribution is -2.26. The molecule has 1 aliphatic heterocycles. The lowest BCUT2D eigenvalue weighted by Gasteiger charge is -2.17. The van der Waals surface area contributed by atoms with Crippen LogP contribution in [0.3, 0.4) is 0 Å². The minimum Gasteiger partial charge on any atom is -0.304 e. The van der Waals surface area contributed by atoms with E-state index in [0.717, 1.165) is 17.4 Å². The maximum absolute atomic E-state index is 13.3. The van der Waals surface area contributed by atoms with Crippen LogP contribution in [0.4, 0.5) is 10.1 Å². The van der Waals surface area contributed by atoms with Crippen molar-refractivity contribution in [3.05, 3.63) is 95.8 Å². The highest BCUT2D eigenvalue weighted by molar-refractivity contribution is 7.90. The van der Waals surface area contributed by atoms with Gasteiger partial charge in [-0.15, -0.1) is 0 Å². The minimum atomic E-state index is -3.38. The molecule has 0 spiro atoms. The van der Waals surface area contributed by atoms with E-state index in [-0.39, 0.29) is 23.2 Å². The van der Waals surface area contributed by atoms with Gasteiger partial charge in [-0.1, -0.05) is 42.5 Å². The van der Waals surface area contributed by atoms with Crippen LogP contribution in [0.5, 0.6) is 0 Å². The summed E-state index contributed by atoms with van der Waals surface area (Å²) in [7, 11) is -3.38. The third-order valence-corrected chi connectivity index (χ3v) is 6.00. The lowest BCUT2D eigenvalue weighted by atomic mass is 9.97. The van der Waals surface area contributed by atoms with Crippen molar-refractivity contribution in [1.29, 1.82) is 0 Å². The van der Waals surface area contributed by atoms with Crippen LogP contribution in [0.1, 0.15) is 11.1 Å². The lowest BCUT2D eigenvalue weighted by molar-refractivity contribution is -0.112. The van der Waals surface area contributed by atoms with E-state index < -0.39 is 9.84 Å². The predicted molar refractivity (Wildman–Crippen MR) is 112 cm³/mol. The number of benzene rings is 3. The molecule has 0 aliphatic carbocycles. The third kappa shape index (κ3) is 3.71. The van der Waals surface area contributed by atoms with Crippen molar-refractivity contribution < 1.29 is 17.6 Å². The summed E-state index contributed by atoms with van der Waals surface area (Å²) in [6.45, 7) is 0.266. The van der Waals surface area contributed by atoms with E-state index in [4.69, 9.17) is 0 Å². The second-order valence-corrected chi connectivity index (χ2v) is 8.90. The van der Waals surface area contributed by atoms with Gasteiger partial charge in [-0.05, 0) is 53.1 Å². The summed E-state index contributed by atoms with van der Waals surface area (Å²) in [6.07, 6.45) is 1.16. The molecule has 0 aromatic heterocycles. The average Bonchev–Trinajstić information content (AvgIpc) is 3.06. The van der Waals surface area contributed by atoms with Gasteiger partial charge in [-0.3, -0.25) is 4.79 Å². The Balaban J connectivity index is 1.86. The number of carbonyl (C=O) groups is 1. The van der Waals surface area contributed by atoms with Gasteiger partial charge in [0.15, 0.2) is 9.84 Å². The fourth-order valence-electron chi connectivity index (χ4n) is 3.46. The zero-order valence-corrected chi connectivity index (χ0v) is 16.5. The fourth-order valence-corrected chi connectivity index (χ4v) is 4.12. The Bertz CT molecular complexity index is 1220. The topological polar surface area (TPSA) is 54.5 Å². The Labute approximate surface area is 168 Å². The molecule has 1 aliphatic rings. The molecule has 0 unspecified atom stereocenters. The van der Waals surface area contributed by atoms with Crippen molar-refractivity contribution >= 4 is 32.6 Å². The summed E-state index contributed by atoms with van der Waals surface area (Å²) in [4.78, 5) is 15.1. The highest BCUT2D eigenvalue weighted by atomic mass is 32.2. The highest BCUT2D eigenvalue weighted by Gasteiger charge is 2.33. The van der Waals surface area contributed by atoms with Crippen molar-refractivity contribution in [2.24, 2.45) is 0 Å². The number of rotatable bonds is 4. The number of hydrogen-bond donors (Lipinski definition) is 0. The molecule has 4 rings (SSSR count). The molecule has 3 aromatic rings. The van der Waals surface area contributed by atoms with Gasteiger partial charge < -0.3 is 4.90 Å². The van der Waals surface area contributed by atoms with E-state index in [9.17, 15) is 17.6 Å². The molecule has 0 fully saturated rings. The summed E-state index contributed by atoms with van der Waals surface area (Å²) in [5.74, 6) is -0.583. The van der Waals surface area contributed by atoms with Crippen LogP contribution in [0.25, 0.3) is 11.1 Å². The summed E-state index contributed by atoms with van der Waals surface area (Å²) < 4.78 is 37.3. The van der Waals surface area contributed by atoms with Crippen LogP contribution in [0.2, 0.25) is 0 Å². The highest BCUT2D eigenvalue weighted by Crippen LogP contribution is 2.37. The molecule has 0 N–H and O–H groups in total. The van der Waals surface area contributed by atoms with Crippen molar-refractivity contribution in [2.75, 3.05) is 17.7 Å². The Morgan fingerprint density at radius 1 is 0.862 bits per heavy atom. The normalized spacial score (nSPS) is 14.6. The van der Waals surface area contributed by atoms with Gasteiger partial charge in [-0.25, -0.2) is 12.8 Å². The minimum absolute atomic E-state index is 0.197. The molecule has 3 aromatic carbocycles. The molecule has 1 heterocycles. The molecule has 1 amide bonds. The number of amides is 1. The predicted octanol–water partition coefficient (Wildman–Crippen LogP) is 4.19. The Hall–Kier alpha value is -3.25. The zero-order valence-electron chi connectivity index (χ0n) is 15.7. The molecule has 0 saturated carbocycles. The van der Waals surface area contributed by atoms with E-state index in [1.807, 2.05) is 30.3 Å². The van der Waals surface area contributed by atoms with E-state index >= 15 is 0 Å². The standard InChI is InChI=1S/C23H18FNO3S/c1-29(27,28)20-9-5-8-17(14-20)21-15-25(19-12-10-18(24)11-13-19)23(26)22(21)16-6-3-2-4-7-16/h2-14H,15H2,1H3. The SMILES string of the molecule is CS(=O)(=O)c1cccc(C2=C(c3ccccc3)C(=O)N(c3ccc(F)cc3)C2)c1. The van der Waals surface area contributed by atoms with Crippen LogP contribution in [0, 0.1) is 5.82 Å². The number of halogens is 1. The van der Waals surface area contributed by atoms with Crippen molar-refractivity contribution in [2.45, 2.75) is 4.90 Å². The first-order chi connectivity index (χ1) is 13.8. The van der Waals surface area contributed by atoms with Gasteiger partial charge >= 0.3 is 0 Å². The number of anilines is 1. The summed E-state index contributed by atoms with van der Waals surface area (Å²) >= 11 is 0. The van der Waals surface area contributed by atoms with Crippen molar-refractivity contribution in [1.82, 2.24) is 0 Å². The maximum atomic E-state index is 13.3. The quantitative estimate of drug-likeness (QED) is 0.652. The summed E-state index contributed by atoms with van der Waals surface area (Å²) in [6, 6.07) is 21.6. The fraction of sp³-hybridized carbons (Fsp3) is 0.0870. The Morgan fingerprint density at radius 3 is 2.17 bits per heavy atom. The molecule has 146 valence electrons. The van der Waals surface area contributed by atoms with Gasteiger partial charge in [0, 0.05) is 11.9 Å². The monoisotopic (exact) mass is 407 g/mol. The first-order valence-electron chi connectivity index (χ1n) is 9.01. The number of carbonyl (C=O) groups excluding carboxylic acids is 1. The van der Waals surface area contributed by atoms with Crippen LogP contribution >= 0.6 is 0 Å².